The standard InChI is InChI=1S/C11H13NO3S3/c1-2-3-4-9-10(13)12(11(16)17-9)8-5-6-18(14,15)7-8/h2-4,8H,5-7H2,1H3. The van der Waals surface area contributed by atoms with Crippen LogP contribution in [-0.4, -0.2) is 41.1 Å². The van der Waals surface area contributed by atoms with Crippen molar-refractivity contribution in [3.8, 4) is 0 Å². The van der Waals surface area contributed by atoms with Crippen LogP contribution in [0.5, 0.6) is 0 Å². The van der Waals surface area contributed by atoms with Crippen LogP contribution in [0, 0.1) is 0 Å². The molecular formula is C11H13NO3S3. The van der Waals surface area contributed by atoms with Crippen LogP contribution in [0.3, 0.4) is 0 Å². The lowest BCUT2D eigenvalue weighted by Gasteiger charge is -2.20. The lowest BCUT2D eigenvalue weighted by Crippen LogP contribution is -2.39. The first-order valence-electron chi connectivity index (χ1n) is 5.53. The van der Waals surface area contributed by atoms with Crippen molar-refractivity contribution < 1.29 is 13.2 Å². The number of carbonyl (C=O) groups is 1. The van der Waals surface area contributed by atoms with E-state index in [4.69, 9.17) is 12.2 Å². The van der Waals surface area contributed by atoms with Crippen molar-refractivity contribution in [3.63, 3.8) is 0 Å². The Bertz CT molecular complexity index is 548. The molecule has 2 heterocycles. The van der Waals surface area contributed by atoms with Gasteiger partial charge in [-0.15, -0.1) is 0 Å². The van der Waals surface area contributed by atoms with E-state index < -0.39 is 9.84 Å². The Labute approximate surface area is 116 Å². The molecule has 0 aromatic carbocycles. The number of thiocarbonyl (C=S) groups is 1. The van der Waals surface area contributed by atoms with Crippen molar-refractivity contribution in [2.45, 2.75) is 19.4 Å². The van der Waals surface area contributed by atoms with Crippen LogP contribution in [0.25, 0.3) is 0 Å². The normalized spacial score (nSPS) is 29.9. The fourth-order valence-electron chi connectivity index (χ4n) is 1.97. The van der Waals surface area contributed by atoms with Gasteiger partial charge in [-0.25, -0.2) is 8.42 Å². The lowest BCUT2D eigenvalue weighted by molar-refractivity contribution is -0.123. The van der Waals surface area contributed by atoms with Crippen molar-refractivity contribution in [2.24, 2.45) is 0 Å². The highest BCUT2D eigenvalue weighted by atomic mass is 32.2. The highest BCUT2D eigenvalue weighted by molar-refractivity contribution is 8.26. The summed E-state index contributed by atoms with van der Waals surface area (Å²) in [5.41, 5.74) is 0. The summed E-state index contributed by atoms with van der Waals surface area (Å²) in [5, 5.41) is 0. The number of thioether (sulfide) groups is 1. The average molecular weight is 303 g/mol. The third-order valence-corrected chi connectivity index (χ3v) is 5.94. The van der Waals surface area contributed by atoms with Crippen molar-refractivity contribution in [1.82, 2.24) is 4.90 Å². The molecule has 0 aromatic heterocycles. The van der Waals surface area contributed by atoms with E-state index in [-0.39, 0.29) is 23.5 Å². The number of carbonyl (C=O) groups excluding carboxylic acids is 1. The summed E-state index contributed by atoms with van der Waals surface area (Å²) in [5.74, 6) is -0.0101. The van der Waals surface area contributed by atoms with Gasteiger partial charge in [0.15, 0.2) is 9.84 Å². The molecule has 2 rings (SSSR count). The minimum Gasteiger partial charge on any atom is -0.289 e. The van der Waals surface area contributed by atoms with Crippen LogP contribution in [0.4, 0.5) is 0 Å². The minimum absolute atomic E-state index is 0.0241. The van der Waals surface area contributed by atoms with Gasteiger partial charge < -0.3 is 0 Å². The van der Waals surface area contributed by atoms with Crippen LogP contribution in [0.1, 0.15) is 13.3 Å². The van der Waals surface area contributed by atoms with Crippen molar-refractivity contribution >= 4 is 44.0 Å². The monoisotopic (exact) mass is 303 g/mol. The van der Waals surface area contributed by atoms with E-state index in [1.54, 1.807) is 12.2 Å². The van der Waals surface area contributed by atoms with Gasteiger partial charge in [-0.3, -0.25) is 9.69 Å². The summed E-state index contributed by atoms with van der Waals surface area (Å²) in [7, 11) is -3.01. The van der Waals surface area contributed by atoms with Crippen LogP contribution in [0.15, 0.2) is 23.1 Å². The first-order valence-corrected chi connectivity index (χ1v) is 8.58. The molecule has 4 nitrogen and oxygen atoms in total. The predicted octanol–water partition coefficient (Wildman–Crippen LogP) is 1.49. The molecule has 7 heteroatoms. The SMILES string of the molecule is CC=CC=C1SC(=S)N(C2CCS(=O)(=O)C2)C1=O. The predicted molar refractivity (Wildman–Crippen MR) is 77.0 cm³/mol. The van der Waals surface area contributed by atoms with E-state index in [1.807, 2.05) is 13.0 Å². The van der Waals surface area contributed by atoms with Crippen LogP contribution in [-0.2, 0) is 14.6 Å². The average Bonchev–Trinajstić information content (AvgIpc) is 2.77. The highest BCUT2D eigenvalue weighted by Crippen LogP contribution is 2.35. The number of hydrogen-bond donors (Lipinski definition) is 0. The van der Waals surface area contributed by atoms with Crippen molar-refractivity contribution in [2.75, 3.05) is 11.5 Å². The summed E-state index contributed by atoms with van der Waals surface area (Å²) in [6, 6.07) is -0.293. The van der Waals surface area contributed by atoms with E-state index in [9.17, 15) is 13.2 Å². The van der Waals surface area contributed by atoms with Gasteiger partial charge in [-0.1, -0.05) is 36.1 Å². The molecule has 0 radical (unpaired) electrons. The Morgan fingerprint density at radius 1 is 1.50 bits per heavy atom. The number of hydrogen-bond acceptors (Lipinski definition) is 5. The maximum absolute atomic E-state index is 12.1. The summed E-state index contributed by atoms with van der Waals surface area (Å²) in [6.45, 7) is 1.86. The van der Waals surface area contributed by atoms with Crippen molar-refractivity contribution in [1.29, 1.82) is 0 Å². The second-order valence-corrected chi connectivity index (χ2v) is 8.06. The minimum atomic E-state index is -3.01. The molecule has 98 valence electrons. The molecule has 0 saturated carbocycles. The molecule has 2 fully saturated rings. The first-order chi connectivity index (χ1) is 8.44. The van der Waals surface area contributed by atoms with Gasteiger partial charge in [0.1, 0.15) is 4.32 Å². The van der Waals surface area contributed by atoms with Gasteiger partial charge in [-0.2, -0.15) is 0 Å². The van der Waals surface area contributed by atoms with Gasteiger partial charge in [-0.05, 0) is 19.4 Å². The number of sulfone groups is 1. The summed E-state index contributed by atoms with van der Waals surface area (Å²) < 4.78 is 23.4. The molecule has 0 N–H and O–H groups in total. The Morgan fingerprint density at radius 3 is 2.78 bits per heavy atom. The van der Waals surface area contributed by atoms with Crippen LogP contribution in [0.2, 0.25) is 0 Å². The van der Waals surface area contributed by atoms with Gasteiger partial charge in [0.2, 0.25) is 0 Å². The van der Waals surface area contributed by atoms with Crippen LogP contribution < -0.4 is 0 Å². The molecule has 0 spiro atoms. The zero-order valence-electron chi connectivity index (χ0n) is 9.83. The summed E-state index contributed by atoms with van der Waals surface area (Å²) in [6.07, 6.45) is 5.79. The molecule has 1 atom stereocenters. The second-order valence-electron chi connectivity index (χ2n) is 4.16. The van der Waals surface area contributed by atoms with Crippen molar-refractivity contribution in [3.05, 3.63) is 23.1 Å². The number of nitrogens with zero attached hydrogens (tertiary/aromatic N) is 1. The van der Waals surface area contributed by atoms with Gasteiger partial charge in [0, 0.05) is 0 Å². The Kier molecular flexibility index (Phi) is 3.93. The first kappa shape index (κ1) is 13.8. The Hall–Kier alpha value is -0.660. The lowest BCUT2D eigenvalue weighted by atomic mass is 10.2. The molecule has 2 saturated heterocycles. The topological polar surface area (TPSA) is 54.5 Å². The molecule has 2 aliphatic heterocycles. The van der Waals surface area contributed by atoms with Crippen LogP contribution >= 0.6 is 24.0 Å². The molecule has 0 aliphatic carbocycles. The zero-order valence-corrected chi connectivity index (χ0v) is 12.3. The smallest absolute Gasteiger partial charge is 0.266 e. The molecule has 1 amide bonds. The maximum Gasteiger partial charge on any atom is 0.266 e. The fourth-order valence-corrected chi connectivity index (χ4v) is 5.02. The third-order valence-electron chi connectivity index (χ3n) is 2.84. The quantitative estimate of drug-likeness (QED) is 0.571. The third kappa shape index (κ3) is 2.67. The molecule has 0 bridgehead atoms. The number of rotatable bonds is 2. The largest absolute Gasteiger partial charge is 0.289 e. The second kappa shape index (κ2) is 5.14. The Balaban J connectivity index is 2.21. The van der Waals surface area contributed by atoms with E-state index in [0.29, 0.717) is 15.6 Å². The molecule has 2 aliphatic rings. The van der Waals surface area contributed by atoms with Gasteiger partial charge in [0.05, 0.1) is 22.5 Å². The molecular weight excluding hydrogens is 290 g/mol. The van der Waals surface area contributed by atoms with E-state index in [0.717, 1.165) is 0 Å². The number of amides is 1. The fraction of sp³-hybridized carbons (Fsp3) is 0.455. The summed E-state index contributed by atoms with van der Waals surface area (Å²) >= 11 is 6.40. The van der Waals surface area contributed by atoms with Gasteiger partial charge in [0.25, 0.3) is 5.91 Å². The van der Waals surface area contributed by atoms with E-state index in [2.05, 4.69) is 0 Å². The Morgan fingerprint density at radius 2 is 2.22 bits per heavy atom. The summed E-state index contributed by atoms with van der Waals surface area (Å²) in [4.78, 5) is 14.2. The number of allylic oxidation sites excluding steroid dienone is 3. The maximum atomic E-state index is 12.1. The van der Waals surface area contributed by atoms with E-state index >= 15 is 0 Å². The highest BCUT2D eigenvalue weighted by Gasteiger charge is 2.41. The van der Waals surface area contributed by atoms with Gasteiger partial charge >= 0.3 is 0 Å². The molecule has 18 heavy (non-hydrogen) atoms. The van der Waals surface area contributed by atoms with E-state index in [1.165, 1.54) is 16.7 Å². The molecule has 1 unspecified atom stereocenters. The molecule has 0 aromatic rings. The zero-order chi connectivity index (χ0) is 13.3.